The van der Waals surface area contributed by atoms with Crippen LogP contribution in [0.3, 0.4) is 0 Å². The van der Waals surface area contributed by atoms with Gasteiger partial charge in [0.05, 0.1) is 13.2 Å². The lowest BCUT2D eigenvalue weighted by Crippen LogP contribution is -2.18. The van der Waals surface area contributed by atoms with Gasteiger partial charge in [-0.05, 0) is 6.42 Å². The van der Waals surface area contributed by atoms with E-state index in [0.29, 0.717) is 11.5 Å². The standard InChI is InChI=1S/C4H10NO5P/c6-4-5(7)2-1-3-10-11(8)9/h4,7-9H,1-3H2. The number of nitrogens with zero attached hydrogens (tertiary/aromatic N) is 1. The summed E-state index contributed by atoms with van der Waals surface area (Å²) in [6.45, 7) is 0.219. The molecule has 7 heteroatoms. The molecule has 0 atom stereocenters. The summed E-state index contributed by atoms with van der Waals surface area (Å²) >= 11 is 0. The Balaban J connectivity index is 3.07. The van der Waals surface area contributed by atoms with Crippen LogP contribution in [-0.4, -0.2) is 39.6 Å². The molecule has 0 unspecified atom stereocenters. The van der Waals surface area contributed by atoms with Crippen molar-refractivity contribution in [2.75, 3.05) is 13.2 Å². The van der Waals surface area contributed by atoms with E-state index in [4.69, 9.17) is 15.0 Å². The summed E-state index contributed by atoms with van der Waals surface area (Å²) in [5.41, 5.74) is 0. The van der Waals surface area contributed by atoms with E-state index in [1.165, 1.54) is 0 Å². The SMILES string of the molecule is O=CN(O)CCCOP(O)O. The van der Waals surface area contributed by atoms with Gasteiger partial charge in [0.25, 0.3) is 0 Å². The predicted octanol–water partition coefficient (Wildman–Crippen LogP) is -0.548. The average molecular weight is 183 g/mol. The number of hydroxylamine groups is 2. The summed E-state index contributed by atoms with van der Waals surface area (Å²) < 4.78 is 4.36. The zero-order valence-corrected chi connectivity index (χ0v) is 6.65. The molecule has 1 amide bonds. The molecular weight excluding hydrogens is 173 g/mol. The maximum atomic E-state index is 9.77. The monoisotopic (exact) mass is 183 g/mol. The molecule has 0 aromatic carbocycles. The molecule has 0 fully saturated rings. The van der Waals surface area contributed by atoms with Crippen molar-refractivity contribution in [1.82, 2.24) is 5.06 Å². The molecule has 66 valence electrons. The summed E-state index contributed by atoms with van der Waals surface area (Å²) in [5, 5.41) is 8.97. The van der Waals surface area contributed by atoms with Gasteiger partial charge in [-0.2, -0.15) is 0 Å². The normalized spacial score (nSPS) is 10.2. The Morgan fingerprint density at radius 1 is 1.55 bits per heavy atom. The largest absolute Gasteiger partial charge is 0.328 e. The molecule has 0 bridgehead atoms. The Kier molecular flexibility index (Phi) is 6.30. The maximum Gasteiger partial charge on any atom is 0.327 e. The summed E-state index contributed by atoms with van der Waals surface area (Å²) in [4.78, 5) is 26.2. The van der Waals surface area contributed by atoms with Crippen LogP contribution in [0.25, 0.3) is 0 Å². The molecule has 6 nitrogen and oxygen atoms in total. The Labute approximate surface area is 65.0 Å². The van der Waals surface area contributed by atoms with E-state index < -0.39 is 8.60 Å². The third kappa shape index (κ3) is 7.64. The first-order valence-corrected chi connectivity index (χ1v) is 4.05. The van der Waals surface area contributed by atoms with Crippen molar-refractivity contribution in [2.24, 2.45) is 0 Å². The average Bonchev–Trinajstić information content (AvgIpc) is 1.97. The van der Waals surface area contributed by atoms with Crippen molar-refractivity contribution in [3.63, 3.8) is 0 Å². The van der Waals surface area contributed by atoms with Gasteiger partial charge in [-0.3, -0.25) is 10.0 Å². The van der Waals surface area contributed by atoms with E-state index in [1.54, 1.807) is 0 Å². The second-order valence-electron chi connectivity index (χ2n) is 1.71. The number of hydrogen-bond donors (Lipinski definition) is 3. The minimum atomic E-state index is -2.32. The zero-order valence-electron chi connectivity index (χ0n) is 5.75. The Bertz CT molecular complexity index is 111. The molecule has 0 saturated heterocycles. The van der Waals surface area contributed by atoms with Gasteiger partial charge in [0, 0.05) is 0 Å². The minimum Gasteiger partial charge on any atom is -0.328 e. The molecule has 0 rings (SSSR count). The molecule has 0 aromatic rings. The van der Waals surface area contributed by atoms with Crippen molar-refractivity contribution in [2.45, 2.75) is 6.42 Å². The fourth-order valence-electron chi connectivity index (χ4n) is 0.425. The minimum absolute atomic E-state index is 0.101. The number of amides is 1. The highest BCUT2D eigenvalue weighted by molar-refractivity contribution is 7.39. The van der Waals surface area contributed by atoms with E-state index >= 15 is 0 Å². The lowest BCUT2D eigenvalue weighted by molar-refractivity contribution is -0.150. The topological polar surface area (TPSA) is 90.2 Å². The van der Waals surface area contributed by atoms with Crippen LogP contribution in [0.5, 0.6) is 0 Å². The fourth-order valence-corrected chi connectivity index (χ4v) is 0.718. The highest BCUT2D eigenvalue weighted by Gasteiger charge is 1.99. The lowest BCUT2D eigenvalue weighted by atomic mass is 10.4. The van der Waals surface area contributed by atoms with Gasteiger partial charge >= 0.3 is 8.60 Å². The van der Waals surface area contributed by atoms with Gasteiger partial charge in [0.15, 0.2) is 0 Å². The van der Waals surface area contributed by atoms with E-state index in [2.05, 4.69) is 4.52 Å². The van der Waals surface area contributed by atoms with Crippen LogP contribution in [0.4, 0.5) is 0 Å². The van der Waals surface area contributed by atoms with Crippen molar-refractivity contribution < 1.29 is 24.3 Å². The number of hydrogen-bond acceptors (Lipinski definition) is 5. The molecule has 3 N–H and O–H groups in total. The van der Waals surface area contributed by atoms with Gasteiger partial charge in [0.1, 0.15) is 0 Å². The van der Waals surface area contributed by atoms with Crippen molar-refractivity contribution >= 4 is 15.0 Å². The molecular formula is C4H10NO5P. The molecule has 11 heavy (non-hydrogen) atoms. The van der Waals surface area contributed by atoms with Crippen LogP contribution >= 0.6 is 8.60 Å². The van der Waals surface area contributed by atoms with E-state index in [-0.39, 0.29) is 19.6 Å². The van der Waals surface area contributed by atoms with Gasteiger partial charge in [-0.25, -0.2) is 5.06 Å². The van der Waals surface area contributed by atoms with Crippen molar-refractivity contribution in [3.05, 3.63) is 0 Å². The highest BCUT2D eigenvalue weighted by Crippen LogP contribution is 2.23. The van der Waals surface area contributed by atoms with Crippen LogP contribution in [0.15, 0.2) is 0 Å². The number of carbonyl (C=O) groups excluding carboxylic acids is 1. The Morgan fingerprint density at radius 2 is 2.18 bits per heavy atom. The molecule has 0 aliphatic heterocycles. The smallest absolute Gasteiger partial charge is 0.327 e. The second-order valence-corrected chi connectivity index (χ2v) is 2.47. The van der Waals surface area contributed by atoms with Crippen LogP contribution < -0.4 is 0 Å². The zero-order chi connectivity index (χ0) is 8.69. The van der Waals surface area contributed by atoms with Gasteiger partial charge < -0.3 is 14.3 Å². The highest BCUT2D eigenvalue weighted by atomic mass is 31.2. The number of rotatable bonds is 6. The molecule has 0 spiro atoms. The van der Waals surface area contributed by atoms with Crippen LogP contribution in [-0.2, 0) is 9.32 Å². The molecule has 0 aromatic heterocycles. The molecule has 0 radical (unpaired) electrons. The van der Waals surface area contributed by atoms with Crippen molar-refractivity contribution in [1.29, 1.82) is 0 Å². The van der Waals surface area contributed by atoms with Crippen molar-refractivity contribution in [3.8, 4) is 0 Å². The fraction of sp³-hybridized carbons (Fsp3) is 0.750. The number of carbonyl (C=O) groups is 1. The molecule has 0 saturated carbocycles. The van der Waals surface area contributed by atoms with Crippen LogP contribution in [0.1, 0.15) is 6.42 Å². The third-order valence-electron chi connectivity index (χ3n) is 0.860. The van der Waals surface area contributed by atoms with E-state index in [0.717, 1.165) is 0 Å². The Hall–Kier alpha value is -0.260. The Morgan fingerprint density at radius 3 is 2.64 bits per heavy atom. The first-order chi connectivity index (χ1) is 5.16. The maximum absolute atomic E-state index is 9.77. The second kappa shape index (κ2) is 6.45. The molecule has 0 heterocycles. The quantitative estimate of drug-likeness (QED) is 0.169. The lowest BCUT2D eigenvalue weighted by Gasteiger charge is -2.07. The van der Waals surface area contributed by atoms with Crippen LogP contribution in [0.2, 0.25) is 0 Å². The van der Waals surface area contributed by atoms with Crippen LogP contribution in [0, 0.1) is 0 Å². The summed E-state index contributed by atoms with van der Waals surface area (Å²) in [6.07, 6.45) is 0.621. The molecule has 0 aliphatic rings. The van der Waals surface area contributed by atoms with E-state index in [9.17, 15) is 4.79 Å². The predicted molar refractivity (Wildman–Crippen MR) is 36.5 cm³/mol. The third-order valence-corrected chi connectivity index (χ3v) is 1.27. The summed E-state index contributed by atoms with van der Waals surface area (Å²) in [6, 6.07) is 0. The van der Waals surface area contributed by atoms with Gasteiger partial charge in [-0.15, -0.1) is 0 Å². The van der Waals surface area contributed by atoms with Gasteiger partial charge in [0.2, 0.25) is 6.41 Å². The van der Waals surface area contributed by atoms with Gasteiger partial charge in [-0.1, -0.05) is 0 Å². The molecule has 0 aliphatic carbocycles. The summed E-state index contributed by atoms with van der Waals surface area (Å²) in [7, 11) is -2.32. The first-order valence-electron chi connectivity index (χ1n) is 2.88. The first kappa shape index (κ1) is 10.7. The van der Waals surface area contributed by atoms with E-state index in [1.807, 2.05) is 0 Å². The summed E-state index contributed by atoms with van der Waals surface area (Å²) in [5.74, 6) is 0.